The lowest BCUT2D eigenvalue weighted by Gasteiger charge is -2.18. The van der Waals surface area contributed by atoms with E-state index < -0.39 is 0 Å². The van der Waals surface area contributed by atoms with Crippen LogP contribution in [0.25, 0.3) is 11.3 Å². The Morgan fingerprint density at radius 1 is 1.11 bits per heavy atom. The first kappa shape index (κ1) is 20.2. The van der Waals surface area contributed by atoms with E-state index >= 15 is 0 Å². The Bertz CT molecular complexity index is 968. The molecule has 1 heterocycles. The zero-order valence-corrected chi connectivity index (χ0v) is 17.9. The summed E-state index contributed by atoms with van der Waals surface area (Å²) in [7, 11) is 0. The van der Waals surface area contributed by atoms with Gasteiger partial charge in [0.25, 0.3) is 0 Å². The van der Waals surface area contributed by atoms with E-state index in [0.717, 1.165) is 26.3 Å². The van der Waals surface area contributed by atoms with Crippen LogP contribution >= 0.6 is 27.3 Å². The molecule has 0 aliphatic heterocycles. The first-order valence-corrected chi connectivity index (χ1v) is 10.4. The van der Waals surface area contributed by atoms with E-state index in [9.17, 15) is 9.59 Å². The number of thiazole rings is 1. The smallest absolute Gasteiger partial charge is 0.226 e. The molecule has 0 fully saturated rings. The highest BCUT2D eigenvalue weighted by Crippen LogP contribution is 2.24. The summed E-state index contributed by atoms with van der Waals surface area (Å²) in [4.78, 5) is 28.5. The van der Waals surface area contributed by atoms with E-state index in [-0.39, 0.29) is 24.3 Å². The number of rotatable bonds is 6. The van der Waals surface area contributed by atoms with Crippen LogP contribution < -0.4 is 10.6 Å². The van der Waals surface area contributed by atoms with Gasteiger partial charge >= 0.3 is 0 Å². The minimum absolute atomic E-state index is 0.147. The molecule has 28 heavy (non-hydrogen) atoms. The van der Waals surface area contributed by atoms with Crippen LogP contribution in [0, 0.1) is 6.92 Å². The molecule has 2 amide bonds. The number of aromatic nitrogens is 1. The van der Waals surface area contributed by atoms with Crippen LogP contribution in [-0.2, 0) is 9.59 Å². The number of aryl methyl sites for hydroxylation is 1. The van der Waals surface area contributed by atoms with Gasteiger partial charge in [0, 0.05) is 28.0 Å². The lowest BCUT2D eigenvalue weighted by Crippen LogP contribution is -2.29. The van der Waals surface area contributed by atoms with Crippen LogP contribution in [0.2, 0.25) is 0 Å². The Kier molecular flexibility index (Phi) is 6.59. The van der Waals surface area contributed by atoms with Crippen molar-refractivity contribution in [2.75, 3.05) is 5.32 Å². The molecule has 0 radical (unpaired) electrons. The second-order valence-electron chi connectivity index (χ2n) is 6.39. The number of halogens is 1. The Hall–Kier alpha value is -2.51. The van der Waals surface area contributed by atoms with Gasteiger partial charge in [-0.2, -0.15) is 0 Å². The van der Waals surface area contributed by atoms with E-state index in [1.54, 1.807) is 11.3 Å². The summed E-state index contributed by atoms with van der Waals surface area (Å²) in [6.45, 7) is 3.42. The highest BCUT2D eigenvalue weighted by molar-refractivity contribution is 9.10. The van der Waals surface area contributed by atoms with Crippen molar-refractivity contribution in [2.24, 2.45) is 0 Å². The molecule has 3 aromatic rings. The summed E-state index contributed by atoms with van der Waals surface area (Å²) in [5.74, 6) is -0.345. The van der Waals surface area contributed by atoms with Crippen molar-refractivity contribution in [1.82, 2.24) is 10.3 Å². The van der Waals surface area contributed by atoms with Crippen molar-refractivity contribution >= 4 is 44.8 Å². The second-order valence-corrected chi connectivity index (χ2v) is 8.36. The number of carbonyl (C=O) groups excluding carboxylic acids is 2. The summed E-state index contributed by atoms with van der Waals surface area (Å²) in [5, 5.41) is 8.77. The third kappa shape index (κ3) is 5.50. The van der Waals surface area contributed by atoms with E-state index in [1.165, 1.54) is 6.92 Å². The first-order valence-electron chi connectivity index (χ1n) is 8.75. The van der Waals surface area contributed by atoms with Crippen molar-refractivity contribution in [2.45, 2.75) is 26.3 Å². The zero-order chi connectivity index (χ0) is 20.1. The molecule has 2 aromatic carbocycles. The number of amides is 2. The van der Waals surface area contributed by atoms with Crippen molar-refractivity contribution in [1.29, 1.82) is 0 Å². The molecule has 1 atom stereocenters. The Labute approximate surface area is 176 Å². The van der Waals surface area contributed by atoms with Crippen LogP contribution in [-0.4, -0.2) is 16.8 Å². The fourth-order valence-electron chi connectivity index (χ4n) is 2.81. The van der Waals surface area contributed by atoms with Gasteiger partial charge in [0.05, 0.1) is 23.2 Å². The average Bonchev–Trinajstić information content (AvgIpc) is 3.08. The van der Waals surface area contributed by atoms with Gasteiger partial charge in [0.2, 0.25) is 11.8 Å². The van der Waals surface area contributed by atoms with Crippen molar-refractivity contribution in [3.8, 4) is 11.3 Å². The minimum Gasteiger partial charge on any atom is -0.349 e. The standard InChI is InChI=1S/C21H20BrN3O2S/c1-13(26)23-19(15-3-7-17(22)8-4-15)11-21(27)25-18-9-5-16(6-10-18)20-12-28-14(2)24-20/h3-10,12,19H,11H2,1-2H3,(H,23,26)(H,25,27). The predicted molar refractivity (Wildman–Crippen MR) is 116 cm³/mol. The van der Waals surface area contributed by atoms with E-state index in [0.29, 0.717) is 5.69 Å². The van der Waals surface area contributed by atoms with Gasteiger partial charge in [-0.1, -0.05) is 40.2 Å². The summed E-state index contributed by atoms with van der Waals surface area (Å²) in [5.41, 5.74) is 3.52. The SMILES string of the molecule is CC(=O)NC(CC(=O)Nc1ccc(-c2csc(C)n2)cc1)c1ccc(Br)cc1. The molecule has 0 saturated heterocycles. The second kappa shape index (κ2) is 9.12. The molecule has 144 valence electrons. The fourth-order valence-corrected chi connectivity index (χ4v) is 3.70. The van der Waals surface area contributed by atoms with Crippen LogP contribution in [0.3, 0.4) is 0 Å². The summed E-state index contributed by atoms with van der Waals surface area (Å²) in [6, 6.07) is 14.8. The molecule has 0 bridgehead atoms. The summed E-state index contributed by atoms with van der Waals surface area (Å²) in [6.07, 6.45) is 0.147. The Morgan fingerprint density at radius 2 is 1.79 bits per heavy atom. The van der Waals surface area contributed by atoms with Gasteiger partial charge in [-0.15, -0.1) is 11.3 Å². The molecule has 0 aliphatic carbocycles. The van der Waals surface area contributed by atoms with Crippen LogP contribution in [0.1, 0.15) is 30.0 Å². The van der Waals surface area contributed by atoms with Gasteiger partial charge in [-0.25, -0.2) is 4.98 Å². The molecule has 5 nitrogen and oxygen atoms in total. The maximum Gasteiger partial charge on any atom is 0.226 e. The monoisotopic (exact) mass is 457 g/mol. The van der Waals surface area contributed by atoms with Gasteiger partial charge in [0.15, 0.2) is 0 Å². The summed E-state index contributed by atoms with van der Waals surface area (Å²) < 4.78 is 0.942. The highest BCUT2D eigenvalue weighted by Gasteiger charge is 2.17. The predicted octanol–water partition coefficient (Wildman–Crippen LogP) is 5.09. The lowest BCUT2D eigenvalue weighted by atomic mass is 10.0. The first-order chi connectivity index (χ1) is 13.4. The van der Waals surface area contributed by atoms with Crippen LogP contribution in [0.4, 0.5) is 5.69 Å². The third-order valence-electron chi connectivity index (χ3n) is 4.12. The number of nitrogens with zero attached hydrogens (tertiary/aromatic N) is 1. The third-order valence-corrected chi connectivity index (χ3v) is 5.42. The van der Waals surface area contributed by atoms with E-state index in [4.69, 9.17) is 0 Å². The maximum atomic E-state index is 12.5. The maximum absolute atomic E-state index is 12.5. The lowest BCUT2D eigenvalue weighted by molar-refractivity contribution is -0.120. The van der Waals surface area contributed by atoms with E-state index in [2.05, 4.69) is 31.5 Å². The normalized spacial score (nSPS) is 11.7. The summed E-state index contributed by atoms with van der Waals surface area (Å²) >= 11 is 5.00. The molecule has 0 spiro atoms. The Morgan fingerprint density at radius 3 is 2.36 bits per heavy atom. The zero-order valence-electron chi connectivity index (χ0n) is 15.5. The molecule has 1 unspecified atom stereocenters. The minimum atomic E-state index is -0.386. The van der Waals surface area contributed by atoms with Gasteiger partial charge in [0.1, 0.15) is 0 Å². The van der Waals surface area contributed by atoms with Crippen molar-refractivity contribution in [3.63, 3.8) is 0 Å². The number of anilines is 1. The molecule has 7 heteroatoms. The van der Waals surface area contributed by atoms with Crippen molar-refractivity contribution in [3.05, 3.63) is 69.0 Å². The Balaban J connectivity index is 1.66. The molecule has 1 aromatic heterocycles. The highest BCUT2D eigenvalue weighted by atomic mass is 79.9. The molecule has 0 aliphatic rings. The topological polar surface area (TPSA) is 71.1 Å². The molecular formula is C21H20BrN3O2S. The average molecular weight is 458 g/mol. The molecule has 2 N–H and O–H groups in total. The number of carbonyl (C=O) groups is 2. The van der Waals surface area contributed by atoms with Crippen molar-refractivity contribution < 1.29 is 9.59 Å². The van der Waals surface area contributed by atoms with Gasteiger partial charge < -0.3 is 10.6 Å². The number of hydrogen-bond donors (Lipinski definition) is 2. The van der Waals surface area contributed by atoms with Crippen LogP contribution in [0.15, 0.2) is 58.4 Å². The molecule has 0 saturated carbocycles. The molecule has 3 rings (SSSR count). The number of benzene rings is 2. The number of hydrogen-bond acceptors (Lipinski definition) is 4. The fraction of sp³-hybridized carbons (Fsp3) is 0.190. The van der Waals surface area contributed by atoms with Gasteiger partial charge in [-0.3, -0.25) is 9.59 Å². The molecular weight excluding hydrogens is 438 g/mol. The quantitative estimate of drug-likeness (QED) is 0.541. The largest absolute Gasteiger partial charge is 0.349 e. The van der Waals surface area contributed by atoms with E-state index in [1.807, 2.05) is 60.8 Å². The van der Waals surface area contributed by atoms with Crippen LogP contribution in [0.5, 0.6) is 0 Å². The number of nitrogens with one attached hydrogen (secondary N) is 2. The van der Waals surface area contributed by atoms with Gasteiger partial charge in [-0.05, 0) is 36.8 Å².